The van der Waals surface area contributed by atoms with E-state index >= 15 is 0 Å². The molecule has 0 atom stereocenters. The number of benzene rings is 2. The standard InChI is InChI=1S/C19H11FN2O3/c20-14-8-6-12(7-9-14)10-16-15(23)11-17(25-16)18(22-21)19(24)13-4-2-1-3-5-13/h1-11H/b16-10+. The highest BCUT2D eigenvalue weighted by Crippen LogP contribution is 2.22. The average Bonchev–Trinajstić information content (AvgIpc) is 2.98. The Hall–Kier alpha value is -3.63. The molecular formula is C19H11FN2O3. The summed E-state index contributed by atoms with van der Waals surface area (Å²) < 4.78 is 18.3. The van der Waals surface area contributed by atoms with Crippen LogP contribution in [0.1, 0.15) is 15.9 Å². The molecule has 0 aromatic heterocycles. The maximum atomic E-state index is 12.9. The van der Waals surface area contributed by atoms with Crippen molar-refractivity contribution in [3.05, 3.63) is 94.7 Å². The van der Waals surface area contributed by atoms with Gasteiger partial charge in [0.25, 0.3) is 5.78 Å². The van der Waals surface area contributed by atoms with Gasteiger partial charge < -0.3 is 10.3 Å². The topological polar surface area (TPSA) is 79.8 Å². The molecule has 0 radical (unpaired) electrons. The smallest absolute Gasteiger partial charge is 0.404 e. The molecule has 6 heteroatoms. The summed E-state index contributed by atoms with van der Waals surface area (Å²) in [6.07, 6.45) is 2.48. The second-order valence-electron chi connectivity index (χ2n) is 5.18. The number of nitrogens with zero attached hydrogens (tertiary/aromatic N) is 2. The van der Waals surface area contributed by atoms with E-state index in [4.69, 9.17) is 4.74 Å². The van der Waals surface area contributed by atoms with Gasteiger partial charge in [-0.05, 0) is 23.8 Å². The molecule has 0 aliphatic carbocycles. The van der Waals surface area contributed by atoms with Gasteiger partial charge in [-0.25, -0.2) is 4.39 Å². The van der Waals surface area contributed by atoms with E-state index in [0.29, 0.717) is 11.1 Å². The molecule has 25 heavy (non-hydrogen) atoms. The molecule has 0 fully saturated rings. The van der Waals surface area contributed by atoms with Crippen LogP contribution in [-0.4, -0.2) is 22.1 Å². The average molecular weight is 334 g/mol. The summed E-state index contributed by atoms with van der Waals surface area (Å²) in [5, 5.41) is 0. The molecule has 1 aliphatic rings. The van der Waals surface area contributed by atoms with E-state index in [9.17, 15) is 19.5 Å². The van der Waals surface area contributed by atoms with E-state index in [2.05, 4.69) is 4.79 Å². The number of ether oxygens (including phenoxy) is 1. The Morgan fingerprint density at radius 2 is 1.76 bits per heavy atom. The molecule has 3 rings (SSSR count). The fourth-order valence-corrected chi connectivity index (χ4v) is 2.25. The number of halogens is 1. The number of carbonyl (C=O) groups excluding carboxylic acids is 2. The van der Waals surface area contributed by atoms with Crippen LogP contribution in [0.5, 0.6) is 0 Å². The van der Waals surface area contributed by atoms with Gasteiger partial charge in [0.15, 0.2) is 5.76 Å². The molecule has 122 valence electrons. The first-order valence-corrected chi connectivity index (χ1v) is 7.32. The van der Waals surface area contributed by atoms with Crippen LogP contribution < -0.4 is 0 Å². The third kappa shape index (κ3) is 3.49. The van der Waals surface area contributed by atoms with Crippen molar-refractivity contribution in [3.8, 4) is 0 Å². The van der Waals surface area contributed by atoms with Gasteiger partial charge in [0.1, 0.15) is 5.82 Å². The van der Waals surface area contributed by atoms with Gasteiger partial charge in [-0.2, -0.15) is 4.79 Å². The van der Waals surface area contributed by atoms with Crippen molar-refractivity contribution in [2.45, 2.75) is 0 Å². The van der Waals surface area contributed by atoms with Gasteiger partial charge in [0.05, 0.1) is 0 Å². The molecule has 1 aliphatic heterocycles. The van der Waals surface area contributed by atoms with Gasteiger partial charge in [-0.1, -0.05) is 42.5 Å². The zero-order chi connectivity index (χ0) is 17.8. The molecule has 0 spiro atoms. The first kappa shape index (κ1) is 16.2. The first-order valence-electron chi connectivity index (χ1n) is 7.32. The minimum Gasteiger partial charge on any atom is -0.445 e. The van der Waals surface area contributed by atoms with Gasteiger partial charge in [0, 0.05) is 11.6 Å². The molecule has 0 N–H and O–H groups in total. The number of hydrogen-bond donors (Lipinski definition) is 0. The highest BCUT2D eigenvalue weighted by molar-refractivity contribution is 6.49. The SMILES string of the molecule is [N-]=[N+]=C(C(=O)c1ccccc1)C1=CC(=O)/C(=C\c2ccc(F)cc2)O1. The quantitative estimate of drug-likeness (QED) is 0.283. The summed E-state index contributed by atoms with van der Waals surface area (Å²) >= 11 is 0. The van der Waals surface area contributed by atoms with Crippen molar-refractivity contribution >= 4 is 23.4 Å². The number of rotatable bonds is 4. The summed E-state index contributed by atoms with van der Waals surface area (Å²) in [6.45, 7) is 0. The van der Waals surface area contributed by atoms with E-state index in [0.717, 1.165) is 6.08 Å². The van der Waals surface area contributed by atoms with Crippen molar-refractivity contribution in [1.29, 1.82) is 0 Å². The van der Waals surface area contributed by atoms with Crippen molar-refractivity contribution in [2.75, 3.05) is 0 Å². The monoisotopic (exact) mass is 334 g/mol. The van der Waals surface area contributed by atoms with E-state index < -0.39 is 17.4 Å². The van der Waals surface area contributed by atoms with E-state index in [1.807, 2.05) is 0 Å². The van der Waals surface area contributed by atoms with E-state index in [-0.39, 0.29) is 17.2 Å². The number of hydrogen-bond acceptors (Lipinski definition) is 3. The lowest BCUT2D eigenvalue weighted by atomic mass is 10.1. The van der Waals surface area contributed by atoms with Crippen LogP contribution in [0.25, 0.3) is 11.6 Å². The Kier molecular flexibility index (Phi) is 4.46. The molecule has 0 amide bonds. The van der Waals surface area contributed by atoms with Crippen LogP contribution in [0.4, 0.5) is 4.39 Å². The third-order valence-electron chi connectivity index (χ3n) is 3.48. The Morgan fingerprint density at radius 1 is 1.08 bits per heavy atom. The van der Waals surface area contributed by atoms with Crippen LogP contribution in [0.15, 0.2) is 72.2 Å². The predicted molar refractivity (Wildman–Crippen MR) is 88.0 cm³/mol. The summed E-state index contributed by atoms with van der Waals surface area (Å²) in [5.74, 6) is -1.66. The minimum absolute atomic E-state index is 0.0522. The highest BCUT2D eigenvalue weighted by Gasteiger charge is 2.35. The lowest BCUT2D eigenvalue weighted by Gasteiger charge is -2.01. The van der Waals surface area contributed by atoms with Crippen molar-refractivity contribution in [2.24, 2.45) is 0 Å². The molecule has 2 aromatic carbocycles. The zero-order valence-corrected chi connectivity index (χ0v) is 12.8. The molecule has 2 aromatic rings. The Bertz CT molecular complexity index is 954. The van der Waals surface area contributed by atoms with E-state index in [1.165, 1.54) is 30.3 Å². The predicted octanol–water partition coefficient (Wildman–Crippen LogP) is 3.20. The Morgan fingerprint density at radius 3 is 2.40 bits per heavy atom. The van der Waals surface area contributed by atoms with Crippen molar-refractivity contribution in [3.63, 3.8) is 0 Å². The van der Waals surface area contributed by atoms with Crippen molar-refractivity contribution < 1.29 is 23.5 Å². The molecule has 0 saturated carbocycles. The van der Waals surface area contributed by atoms with Crippen LogP contribution in [0.2, 0.25) is 0 Å². The number of carbonyl (C=O) groups is 2. The number of allylic oxidation sites excluding steroid dienone is 2. The molecule has 0 unspecified atom stereocenters. The maximum absolute atomic E-state index is 12.9. The highest BCUT2D eigenvalue weighted by atomic mass is 19.1. The summed E-state index contributed by atoms with van der Waals surface area (Å²) in [7, 11) is 0. The number of Topliss-reactive ketones (excluding diaryl/α,β-unsaturated/α-hetero) is 1. The minimum atomic E-state index is -0.579. The summed E-state index contributed by atoms with van der Waals surface area (Å²) in [6, 6.07) is 13.6. The van der Waals surface area contributed by atoms with Gasteiger partial charge in [0.2, 0.25) is 11.5 Å². The lowest BCUT2D eigenvalue weighted by Crippen LogP contribution is -2.18. The van der Waals surface area contributed by atoms with Crippen LogP contribution in [0, 0.1) is 5.82 Å². The van der Waals surface area contributed by atoms with Crippen LogP contribution in [0.3, 0.4) is 0 Å². The number of ketones is 2. The molecular weight excluding hydrogens is 323 g/mol. The fraction of sp³-hybridized carbons (Fsp3) is 0. The fourth-order valence-electron chi connectivity index (χ4n) is 2.25. The maximum Gasteiger partial charge on any atom is 0.404 e. The second-order valence-corrected chi connectivity index (χ2v) is 5.18. The molecule has 0 bridgehead atoms. The van der Waals surface area contributed by atoms with Crippen LogP contribution in [-0.2, 0) is 9.53 Å². The zero-order valence-electron chi connectivity index (χ0n) is 12.8. The van der Waals surface area contributed by atoms with Gasteiger partial charge in [-0.3, -0.25) is 9.59 Å². The van der Waals surface area contributed by atoms with Gasteiger partial charge >= 0.3 is 5.71 Å². The van der Waals surface area contributed by atoms with Crippen molar-refractivity contribution in [1.82, 2.24) is 0 Å². The molecule has 5 nitrogen and oxygen atoms in total. The molecule has 1 heterocycles. The largest absolute Gasteiger partial charge is 0.445 e. The first-order chi connectivity index (χ1) is 12.1. The summed E-state index contributed by atoms with van der Waals surface area (Å²) in [5.41, 5.74) is 9.66. The lowest BCUT2D eigenvalue weighted by molar-refractivity contribution is -0.112. The second kappa shape index (κ2) is 6.86. The normalized spacial score (nSPS) is 14.7. The Balaban J connectivity index is 1.85. The molecule has 0 saturated heterocycles. The summed E-state index contributed by atoms with van der Waals surface area (Å²) in [4.78, 5) is 27.4. The van der Waals surface area contributed by atoms with Gasteiger partial charge in [-0.15, -0.1) is 0 Å². The van der Waals surface area contributed by atoms with Crippen LogP contribution >= 0.6 is 0 Å². The third-order valence-corrected chi connectivity index (χ3v) is 3.48. The Labute approximate surface area is 142 Å². The van der Waals surface area contributed by atoms with E-state index in [1.54, 1.807) is 30.3 Å².